The molecule has 0 aliphatic carbocycles. The van der Waals surface area contributed by atoms with Gasteiger partial charge in [-0.15, -0.1) is 0 Å². The summed E-state index contributed by atoms with van der Waals surface area (Å²) >= 11 is 0. The van der Waals surface area contributed by atoms with Crippen LogP contribution in [0, 0.1) is 13.8 Å². The normalized spacial score (nSPS) is 12.0. The lowest BCUT2D eigenvalue weighted by molar-refractivity contribution is -0.123. The molecule has 3 rings (SSSR count). The number of nitrogens with zero attached hydrogens (tertiary/aromatic N) is 4. The third kappa shape index (κ3) is 3.38. The van der Waals surface area contributed by atoms with Crippen molar-refractivity contribution in [1.82, 2.24) is 19.6 Å². The molecule has 9 nitrogen and oxygen atoms in total. The van der Waals surface area contributed by atoms with Gasteiger partial charge in [-0.1, -0.05) is 18.2 Å². The molecule has 0 fully saturated rings. The molecule has 1 atom stereocenters. The van der Waals surface area contributed by atoms with E-state index in [0.717, 1.165) is 10.4 Å². The number of rotatable bonds is 4. The van der Waals surface area contributed by atoms with Crippen molar-refractivity contribution in [3.63, 3.8) is 0 Å². The molecule has 1 aromatic carbocycles. The van der Waals surface area contributed by atoms with E-state index in [1.807, 2.05) is 6.92 Å². The van der Waals surface area contributed by atoms with Crippen LogP contribution in [0.3, 0.4) is 0 Å². The molecule has 2 heterocycles. The lowest BCUT2D eigenvalue weighted by Crippen LogP contribution is -2.31. The number of ether oxygens (including phenoxy) is 1. The number of aryl methyl sites for hydroxylation is 3. The summed E-state index contributed by atoms with van der Waals surface area (Å²) in [7, 11) is 3.23. The molecular weight excluding hydrogens is 362 g/mol. The topological polar surface area (TPSA) is 108 Å². The minimum Gasteiger partial charge on any atom is -0.448 e. The number of carbonyl (C=O) groups excluding carboxylic acids is 2. The Hall–Kier alpha value is -3.49. The number of nitrogens with one attached hydrogen (secondary N) is 1. The number of fused-ring (bicyclic) bond motifs is 1. The highest BCUT2D eigenvalue weighted by Gasteiger charge is 2.24. The van der Waals surface area contributed by atoms with Crippen molar-refractivity contribution in [3.05, 3.63) is 51.7 Å². The van der Waals surface area contributed by atoms with Gasteiger partial charge in [0.05, 0.1) is 22.5 Å². The Morgan fingerprint density at radius 1 is 1.07 bits per heavy atom. The molecule has 3 aromatic rings. The predicted octanol–water partition coefficient (Wildman–Crippen LogP) is 1.47. The van der Waals surface area contributed by atoms with Gasteiger partial charge in [-0.05, 0) is 26.8 Å². The zero-order chi connectivity index (χ0) is 20.6. The molecule has 0 aliphatic heterocycles. The van der Waals surface area contributed by atoms with Crippen molar-refractivity contribution in [2.24, 2.45) is 14.1 Å². The smallest absolute Gasteiger partial charge is 0.360 e. The van der Waals surface area contributed by atoms with Crippen LogP contribution < -0.4 is 10.9 Å². The quantitative estimate of drug-likeness (QED) is 0.684. The van der Waals surface area contributed by atoms with E-state index in [0.29, 0.717) is 22.2 Å². The second-order valence-electron chi connectivity index (χ2n) is 6.53. The fourth-order valence-electron chi connectivity index (χ4n) is 2.90. The molecule has 0 aliphatic rings. The van der Waals surface area contributed by atoms with Crippen LogP contribution in [0.5, 0.6) is 0 Å². The summed E-state index contributed by atoms with van der Waals surface area (Å²) in [6.07, 6.45) is -1.07. The molecule has 0 saturated heterocycles. The summed E-state index contributed by atoms with van der Waals surface area (Å²) in [5.41, 5.74) is 1.69. The molecule has 1 amide bonds. The van der Waals surface area contributed by atoms with E-state index in [1.165, 1.54) is 14.0 Å². The largest absolute Gasteiger partial charge is 0.448 e. The Kier molecular flexibility index (Phi) is 5.00. The SMILES string of the molecule is Cc1nn(C)c(C)c1NC(=O)[C@H](C)OC(=O)c1nn(C)c(=O)c2ccccc12. The van der Waals surface area contributed by atoms with Crippen LogP contribution in [-0.4, -0.2) is 37.5 Å². The van der Waals surface area contributed by atoms with Crippen molar-refractivity contribution in [1.29, 1.82) is 0 Å². The summed E-state index contributed by atoms with van der Waals surface area (Å²) in [5.74, 6) is -1.27. The third-order valence-electron chi connectivity index (χ3n) is 4.56. The molecule has 0 spiro atoms. The minimum absolute atomic E-state index is 0.0221. The van der Waals surface area contributed by atoms with Gasteiger partial charge in [0.25, 0.3) is 11.5 Å². The fourth-order valence-corrected chi connectivity index (χ4v) is 2.90. The van der Waals surface area contributed by atoms with E-state index in [4.69, 9.17) is 4.74 Å². The molecule has 2 aromatic heterocycles. The number of esters is 1. The van der Waals surface area contributed by atoms with Gasteiger partial charge in [0, 0.05) is 19.5 Å². The highest BCUT2D eigenvalue weighted by atomic mass is 16.5. The van der Waals surface area contributed by atoms with Crippen LogP contribution in [0.4, 0.5) is 5.69 Å². The third-order valence-corrected chi connectivity index (χ3v) is 4.56. The summed E-state index contributed by atoms with van der Waals surface area (Å²) < 4.78 is 8.03. The Labute approximate surface area is 160 Å². The van der Waals surface area contributed by atoms with Gasteiger partial charge in [-0.3, -0.25) is 14.3 Å². The van der Waals surface area contributed by atoms with E-state index in [2.05, 4.69) is 15.5 Å². The Morgan fingerprint density at radius 2 is 1.71 bits per heavy atom. The summed E-state index contributed by atoms with van der Waals surface area (Å²) in [5, 5.41) is 11.7. The molecule has 146 valence electrons. The van der Waals surface area contributed by atoms with Crippen molar-refractivity contribution < 1.29 is 14.3 Å². The number of anilines is 1. The van der Waals surface area contributed by atoms with Crippen molar-refractivity contribution in [3.8, 4) is 0 Å². The summed E-state index contributed by atoms with van der Waals surface area (Å²) in [6.45, 7) is 5.07. The van der Waals surface area contributed by atoms with Gasteiger partial charge in [-0.25, -0.2) is 9.48 Å². The van der Waals surface area contributed by atoms with E-state index in [9.17, 15) is 14.4 Å². The first-order chi connectivity index (χ1) is 13.2. The molecular formula is C19H21N5O4. The van der Waals surface area contributed by atoms with E-state index < -0.39 is 18.0 Å². The van der Waals surface area contributed by atoms with E-state index in [-0.39, 0.29) is 11.3 Å². The van der Waals surface area contributed by atoms with Gasteiger partial charge < -0.3 is 10.1 Å². The second kappa shape index (κ2) is 7.26. The Morgan fingerprint density at radius 3 is 2.32 bits per heavy atom. The van der Waals surface area contributed by atoms with Crippen LogP contribution >= 0.6 is 0 Å². The zero-order valence-electron chi connectivity index (χ0n) is 16.3. The van der Waals surface area contributed by atoms with Gasteiger partial charge in [0.1, 0.15) is 0 Å². The first-order valence-electron chi connectivity index (χ1n) is 8.68. The molecule has 9 heteroatoms. The maximum Gasteiger partial charge on any atom is 0.360 e. The number of amides is 1. The lowest BCUT2D eigenvalue weighted by Gasteiger charge is -2.14. The highest BCUT2D eigenvalue weighted by molar-refractivity contribution is 6.03. The van der Waals surface area contributed by atoms with Crippen LogP contribution in [0.1, 0.15) is 28.8 Å². The number of benzene rings is 1. The molecule has 1 N–H and O–H groups in total. The number of hydrogen-bond acceptors (Lipinski definition) is 6. The highest BCUT2D eigenvalue weighted by Crippen LogP contribution is 2.19. The van der Waals surface area contributed by atoms with Gasteiger partial charge in [0.2, 0.25) is 0 Å². The van der Waals surface area contributed by atoms with Gasteiger partial charge in [-0.2, -0.15) is 10.2 Å². The van der Waals surface area contributed by atoms with Gasteiger partial charge in [0.15, 0.2) is 11.8 Å². The van der Waals surface area contributed by atoms with Crippen LogP contribution in [-0.2, 0) is 23.6 Å². The Bertz CT molecular complexity index is 1150. The predicted molar refractivity (Wildman–Crippen MR) is 103 cm³/mol. The zero-order valence-corrected chi connectivity index (χ0v) is 16.3. The number of carbonyl (C=O) groups is 2. The van der Waals surface area contributed by atoms with Crippen LogP contribution in [0.2, 0.25) is 0 Å². The monoisotopic (exact) mass is 383 g/mol. The maximum atomic E-state index is 12.6. The molecule has 28 heavy (non-hydrogen) atoms. The molecule has 0 saturated carbocycles. The number of aromatic nitrogens is 4. The van der Waals surface area contributed by atoms with Crippen molar-refractivity contribution in [2.75, 3.05) is 5.32 Å². The first-order valence-corrected chi connectivity index (χ1v) is 8.68. The average molecular weight is 383 g/mol. The van der Waals surface area contributed by atoms with E-state index in [1.54, 1.807) is 42.9 Å². The standard InChI is InChI=1S/C19H21N5O4/c1-10-15(11(2)23(4)21-10)20-17(25)12(3)28-19(27)16-13-8-6-7-9-14(13)18(26)24(5)22-16/h6-9,12H,1-5H3,(H,20,25)/t12-/m0/s1. The molecule has 0 radical (unpaired) electrons. The average Bonchev–Trinajstić information content (AvgIpc) is 2.90. The van der Waals surface area contributed by atoms with E-state index >= 15 is 0 Å². The molecule has 0 unspecified atom stereocenters. The Balaban J connectivity index is 1.83. The lowest BCUT2D eigenvalue weighted by atomic mass is 10.1. The fraction of sp³-hybridized carbons (Fsp3) is 0.316. The molecule has 0 bridgehead atoms. The van der Waals surface area contributed by atoms with Crippen molar-refractivity contribution in [2.45, 2.75) is 26.9 Å². The maximum absolute atomic E-state index is 12.6. The van der Waals surface area contributed by atoms with Crippen LogP contribution in [0.15, 0.2) is 29.1 Å². The minimum atomic E-state index is -1.07. The number of hydrogen-bond donors (Lipinski definition) is 1. The second-order valence-corrected chi connectivity index (χ2v) is 6.53. The summed E-state index contributed by atoms with van der Waals surface area (Å²) in [6, 6.07) is 6.63. The summed E-state index contributed by atoms with van der Waals surface area (Å²) in [4.78, 5) is 37.3. The van der Waals surface area contributed by atoms with Crippen molar-refractivity contribution >= 4 is 28.3 Å². The van der Waals surface area contributed by atoms with Crippen LogP contribution in [0.25, 0.3) is 10.8 Å². The first kappa shape index (κ1) is 19.3. The van der Waals surface area contributed by atoms with Gasteiger partial charge >= 0.3 is 5.97 Å².